The second kappa shape index (κ2) is 9.67. The molecule has 0 aliphatic rings. The fourth-order valence-corrected chi connectivity index (χ4v) is 3.13. The van der Waals surface area contributed by atoms with Crippen LogP contribution in [-0.2, 0) is 4.84 Å². The van der Waals surface area contributed by atoms with Gasteiger partial charge in [-0.05, 0) is 75.3 Å². The average Bonchev–Trinajstić information content (AvgIpc) is 2.57. The molecule has 0 radical (unpaired) electrons. The lowest BCUT2D eigenvalue weighted by molar-refractivity contribution is 0.0262. The van der Waals surface area contributed by atoms with Gasteiger partial charge in [-0.1, -0.05) is 11.6 Å². The van der Waals surface area contributed by atoms with Crippen LogP contribution in [0.3, 0.4) is 0 Å². The molecule has 0 aliphatic heterocycles. The van der Waals surface area contributed by atoms with Crippen molar-refractivity contribution in [1.82, 2.24) is 5.48 Å². The van der Waals surface area contributed by atoms with Gasteiger partial charge in [0.1, 0.15) is 5.82 Å². The van der Waals surface area contributed by atoms with Gasteiger partial charge in [0.25, 0.3) is 5.91 Å². The number of carbonyl (C=O) groups is 1. The first-order chi connectivity index (χ1) is 11.9. The number of nitrogens with one attached hydrogen (secondary N) is 2. The van der Waals surface area contributed by atoms with Crippen molar-refractivity contribution in [1.29, 1.82) is 0 Å². The minimum Gasteiger partial charge on any atom is -0.396 e. The fraction of sp³-hybridized carbons (Fsp3) is 0.188. The van der Waals surface area contributed by atoms with Gasteiger partial charge in [0.05, 0.1) is 33.0 Å². The number of halogens is 4. The highest BCUT2D eigenvalue weighted by Gasteiger charge is 2.16. The monoisotopic (exact) mass is 542 g/mol. The molecule has 0 saturated carbocycles. The zero-order valence-electron chi connectivity index (χ0n) is 12.8. The standard InChI is InChI=1S/C16H14BrClFIN2O3/c17-11-7-10(16(24)22-25-5-1-4-23)15(8-13(11)19)21-14-3-2-9(20)6-12(14)18/h2-3,6-8,21,23H,1,4-5H2,(H,22,24). The number of rotatable bonds is 7. The zero-order chi connectivity index (χ0) is 18.4. The zero-order valence-corrected chi connectivity index (χ0v) is 17.3. The van der Waals surface area contributed by atoms with Crippen LogP contribution in [0.5, 0.6) is 0 Å². The molecule has 2 rings (SSSR count). The third kappa shape index (κ3) is 5.78. The Labute approximate surface area is 171 Å². The van der Waals surface area contributed by atoms with Gasteiger partial charge in [-0.3, -0.25) is 9.63 Å². The predicted octanol–water partition coefficient (Wildman–Crippen LogP) is 4.63. The molecule has 5 nitrogen and oxygen atoms in total. The Balaban J connectivity index is 2.26. The number of aliphatic hydroxyl groups is 1. The van der Waals surface area contributed by atoms with E-state index in [4.69, 9.17) is 21.5 Å². The summed E-state index contributed by atoms with van der Waals surface area (Å²) in [6.07, 6.45) is 0.386. The largest absolute Gasteiger partial charge is 0.396 e. The summed E-state index contributed by atoms with van der Waals surface area (Å²) in [6, 6.07) is 7.87. The molecule has 0 aliphatic carbocycles. The molecule has 0 bridgehead atoms. The van der Waals surface area contributed by atoms with Gasteiger partial charge in [-0.15, -0.1) is 0 Å². The maximum atomic E-state index is 13.9. The SMILES string of the molecule is O=C(NOCCCO)c1cc(Br)c(F)cc1Nc1ccc(I)cc1Cl. The van der Waals surface area contributed by atoms with Crippen molar-refractivity contribution in [3.05, 3.63) is 54.8 Å². The molecule has 0 saturated heterocycles. The molecule has 1 amide bonds. The summed E-state index contributed by atoms with van der Waals surface area (Å²) in [4.78, 5) is 17.3. The van der Waals surface area contributed by atoms with Crippen molar-refractivity contribution in [2.75, 3.05) is 18.5 Å². The predicted molar refractivity (Wildman–Crippen MR) is 107 cm³/mol. The van der Waals surface area contributed by atoms with Crippen LogP contribution in [0.2, 0.25) is 5.02 Å². The maximum absolute atomic E-state index is 13.9. The van der Waals surface area contributed by atoms with Crippen molar-refractivity contribution in [2.24, 2.45) is 0 Å². The van der Waals surface area contributed by atoms with Crippen LogP contribution in [0.4, 0.5) is 15.8 Å². The van der Waals surface area contributed by atoms with Crippen molar-refractivity contribution in [3.63, 3.8) is 0 Å². The smallest absolute Gasteiger partial charge is 0.276 e. The Morgan fingerprint density at radius 1 is 1.32 bits per heavy atom. The van der Waals surface area contributed by atoms with Crippen molar-refractivity contribution in [3.8, 4) is 0 Å². The molecule has 2 aromatic carbocycles. The minimum absolute atomic E-state index is 0.0456. The molecule has 2 aromatic rings. The molecule has 0 fully saturated rings. The van der Waals surface area contributed by atoms with E-state index in [1.54, 1.807) is 12.1 Å². The maximum Gasteiger partial charge on any atom is 0.276 e. The molecule has 0 aromatic heterocycles. The van der Waals surface area contributed by atoms with Crippen molar-refractivity contribution >= 4 is 67.4 Å². The Morgan fingerprint density at radius 2 is 2.08 bits per heavy atom. The van der Waals surface area contributed by atoms with Gasteiger partial charge < -0.3 is 10.4 Å². The highest BCUT2D eigenvalue weighted by Crippen LogP contribution is 2.31. The summed E-state index contributed by atoms with van der Waals surface area (Å²) in [5.74, 6) is -1.08. The van der Waals surface area contributed by atoms with E-state index in [-0.39, 0.29) is 28.9 Å². The number of hydrogen-bond donors (Lipinski definition) is 3. The van der Waals surface area contributed by atoms with Gasteiger partial charge in [0.15, 0.2) is 0 Å². The minimum atomic E-state index is -0.553. The normalized spacial score (nSPS) is 10.6. The molecule has 0 atom stereocenters. The number of aliphatic hydroxyl groups excluding tert-OH is 1. The summed E-state index contributed by atoms with van der Waals surface area (Å²) in [5.41, 5.74) is 3.22. The quantitative estimate of drug-likeness (QED) is 0.271. The molecule has 25 heavy (non-hydrogen) atoms. The van der Waals surface area contributed by atoms with E-state index < -0.39 is 11.7 Å². The van der Waals surface area contributed by atoms with Crippen LogP contribution >= 0.6 is 50.1 Å². The van der Waals surface area contributed by atoms with E-state index >= 15 is 0 Å². The number of hydroxylamine groups is 1. The van der Waals surface area contributed by atoms with Crippen LogP contribution in [0.15, 0.2) is 34.8 Å². The lowest BCUT2D eigenvalue weighted by Gasteiger charge is -2.14. The molecule has 134 valence electrons. The number of hydrogen-bond acceptors (Lipinski definition) is 4. The van der Waals surface area contributed by atoms with E-state index in [1.165, 1.54) is 12.1 Å². The molecule has 9 heteroatoms. The lowest BCUT2D eigenvalue weighted by atomic mass is 10.1. The van der Waals surface area contributed by atoms with Gasteiger partial charge in [-0.25, -0.2) is 9.87 Å². The molecule has 0 spiro atoms. The fourth-order valence-electron chi connectivity index (χ4n) is 1.88. The molecule has 0 heterocycles. The Bertz CT molecular complexity index is 779. The third-order valence-corrected chi connectivity index (χ3v) is 4.67. The summed E-state index contributed by atoms with van der Waals surface area (Å²) in [7, 11) is 0. The first kappa shape index (κ1) is 20.4. The third-order valence-electron chi connectivity index (χ3n) is 3.07. The van der Waals surface area contributed by atoms with Crippen LogP contribution in [0, 0.1) is 9.39 Å². The van der Waals surface area contributed by atoms with Crippen LogP contribution in [0.25, 0.3) is 0 Å². The van der Waals surface area contributed by atoms with E-state index in [2.05, 4.69) is 49.3 Å². The molecular formula is C16H14BrClFIN2O3. The summed E-state index contributed by atoms with van der Waals surface area (Å²) < 4.78 is 15.0. The second-order valence-corrected chi connectivity index (χ2v) is 7.43. The first-order valence-corrected chi connectivity index (χ1v) is 9.41. The van der Waals surface area contributed by atoms with E-state index in [0.717, 1.165) is 3.57 Å². The Kier molecular flexibility index (Phi) is 7.88. The van der Waals surface area contributed by atoms with Crippen LogP contribution < -0.4 is 10.8 Å². The second-order valence-electron chi connectivity index (χ2n) is 4.92. The van der Waals surface area contributed by atoms with Gasteiger partial charge in [0.2, 0.25) is 0 Å². The Hall–Kier alpha value is -0.940. The summed E-state index contributed by atoms with van der Waals surface area (Å²) in [6.45, 7) is 0.117. The molecular weight excluding hydrogens is 529 g/mol. The van der Waals surface area contributed by atoms with Crippen molar-refractivity contribution < 1.29 is 19.1 Å². The first-order valence-electron chi connectivity index (χ1n) is 7.16. The number of amides is 1. The lowest BCUT2D eigenvalue weighted by Crippen LogP contribution is -2.25. The average molecular weight is 544 g/mol. The highest BCUT2D eigenvalue weighted by molar-refractivity contribution is 14.1. The highest BCUT2D eigenvalue weighted by atomic mass is 127. The summed E-state index contributed by atoms with van der Waals surface area (Å²) in [5, 5.41) is 12.1. The van der Waals surface area contributed by atoms with E-state index in [9.17, 15) is 9.18 Å². The number of anilines is 2. The number of benzene rings is 2. The molecule has 0 unspecified atom stereocenters. The number of carbonyl (C=O) groups excluding carboxylic acids is 1. The van der Waals surface area contributed by atoms with Gasteiger partial charge in [0, 0.05) is 10.2 Å². The van der Waals surface area contributed by atoms with Gasteiger partial charge >= 0.3 is 0 Å². The topological polar surface area (TPSA) is 70.6 Å². The van der Waals surface area contributed by atoms with Crippen LogP contribution in [-0.4, -0.2) is 24.2 Å². The van der Waals surface area contributed by atoms with E-state index in [1.807, 2.05) is 6.07 Å². The van der Waals surface area contributed by atoms with Gasteiger partial charge in [-0.2, -0.15) is 0 Å². The Morgan fingerprint density at radius 3 is 2.76 bits per heavy atom. The van der Waals surface area contributed by atoms with Crippen molar-refractivity contribution in [2.45, 2.75) is 6.42 Å². The van der Waals surface area contributed by atoms with Crippen LogP contribution in [0.1, 0.15) is 16.8 Å². The van der Waals surface area contributed by atoms with E-state index in [0.29, 0.717) is 17.1 Å². The summed E-state index contributed by atoms with van der Waals surface area (Å²) >= 11 is 11.4. The molecule has 3 N–H and O–H groups in total.